The summed E-state index contributed by atoms with van der Waals surface area (Å²) in [7, 11) is 0. The monoisotopic (exact) mass is 373 g/mol. The van der Waals surface area contributed by atoms with E-state index in [1.807, 2.05) is 27.7 Å². The van der Waals surface area contributed by atoms with E-state index in [-0.39, 0.29) is 18.1 Å². The summed E-state index contributed by atoms with van der Waals surface area (Å²) in [6.07, 6.45) is -3.20. The highest BCUT2D eigenvalue weighted by molar-refractivity contribution is 5.68. The number of benzene rings is 1. The van der Waals surface area contributed by atoms with Crippen LogP contribution < -0.4 is 4.74 Å². The minimum absolute atomic E-state index is 0.0959. The van der Waals surface area contributed by atoms with Crippen LogP contribution in [-0.2, 0) is 10.9 Å². The Labute approximate surface area is 152 Å². The van der Waals surface area contributed by atoms with Gasteiger partial charge in [-0.2, -0.15) is 13.2 Å². The zero-order chi connectivity index (χ0) is 19.5. The fourth-order valence-electron chi connectivity index (χ4n) is 2.92. The molecule has 26 heavy (non-hydrogen) atoms. The van der Waals surface area contributed by atoms with Gasteiger partial charge in [0.2, 0.25) is 0 Å². The lowest BCUT2D eigenvalue weighted by Gasteiger charge is -2.36. The molecule has 0 spiro atoms. The summed E-state index contributed by atoms with van der Waals surface area (Å²) in [4.78, 5) is 13.9. The van der Waals surface area contributed by atoms with E-state index in [2.05, 4.69) is 0 Å². The first-order valence-corrected chi connectivity index (χ1v) is 8.77. The predicted octanol–water partition coefficient (Wildman–Crippen LogP) is 5.12. The van der Waals surface area contributed by atoms with Crippen LogP contribution in [0.15, 0.2) is 24.3 Å². The summed E-state index contributed by atoms with van der Waals surface area (Å²) in [6, 6.07) is 4.67. The first kappa shape index (κ1) is 20.4. The average Bonchev–Trinajstić information content (AvgIpc) is 2.53. The van der Waals surface area contributed by atoms with E-state index in [0.29, 0.717) is 18.8 Å². The van der Waals surface area contributed by atoms with Crippen molar-refractivity contribution in [2.45, 2.75) is 58.4 Å². The first-order chi connectivity index (χ1) is 12.0. The predicted molar refractivity (Wildman–Crippen MR) is 92.1 cm³/mol. The second-order valence-corrected chi connectivity index (χ2v) is 7.67. The lowest BCUT2D eigenvalue weighted by atomic mass is 9.93. The zero-order valence-electron chi connectivity index (χ0n) is 15.6. The Kier molecular flexibility index (Phi) is 6.09. The number of likely N-dealkylation sites (tertiary alicyclic amines) is 1. The Balaban J connectivity index is 1.94. The van der Waals surface area contributed by atoms with Crippen LogP contribution in [0.25, 0.3) is 0 Å². The van der Waals surface area contributed by atoms with Crippen LogP contribution in [0.2, 0.25) is 0 Å². The molecule has 0 aliphatic carbocycles. The third kappa shape index (κ3) is 5.81. The van der Waals surface area contributed by atoms with Gasteiger partial charge in [0, 0.05) is 19.0 Å². The molecular weight excluding hydrogens is 347 g/mol. The summed E-state index contributed by atoms with van der Waals surface area (Å²) < 4.78 is 49.1. The summed E-state index contributed by atoms with van der Waals surface area (Å²) in [5.74, 6) is 0.485. The molecule has 1 heterocycles. The van der Waals surface area contributed by atoms with Crippen LogP contribution in [0.5, 0.6) is 5.75 Å². The lowest BCUT2D eigenvalue weighted by molar-refractivity contribution is -0.137. The molecule has 2 atom stereocenters. The smallest absolute Gasteiger partial charge is 0.416 e. The highest BCUT2D eigenvalue weighted by atomic mass is 19.4. The van der Waals surface area contributed by atoms with Crippen molar-refractivity contribution in [1.82, 2.24) is 4.90 Å². The topological polar surface area (TPSA) is 38.8 Å². The van der Waals surface area contributed by atoms with Gasteiger partial charge in [0.15, 0.2) is 0 Å². The Bertz CT molecular complexity index is 608. The first-order valence-electron chi connectivity index (χ1n) is 8.77. The molecule has 1 amide bonds. The number of carbonyl (C=O) groups excluding carboxylic acids is 1. The van der Waals surface area contributed by atoms with E-state index in [1.165, 1.54) is 12.1 Å². The summed E-state index contributed by atoms with van der Waals surface area (Å²) in [5.41, 5.74) is -1.25. The van der Waals surface area contributed by atoms with Crippen molar-refractivity contribution < 1.29 is 27.4 Å². The molecule has 0 bridgehead atoms. The van der Waals surface area contributed by atoms with Gasteiger partial charge in [-0.05, 0) is 64.8 Å². The van der Waals surface area contributed by atoms with Crippen LogP contribution in [0.1, 0.15) is 46.1 Å². The molecule has 4 nitrogen and oxygen atoms in total. The van der Waals surface area contributed by atoms with Gasteiger partial charge >= 0.3 is 12.3 Å². The number of nitrogens with zero attached hydrogens (tertiary/aromatic N) is 1. The quantitative estimate of drug-likeness (QED) is 0.738. The Hall–Kier alpha value is -1.92. The summed E-state index contributed by atoms with van der Waals surface area (Å²) in [5, 5.41) is 0. The third-order valence-electron chi connectivity index (χ3n) is 4.28. The van der Waals surface area contributed by atoms with Crippen molar-refractivity contribution in [2.75, 3.05) is 13.1 Å². The number of amides is 1. The molecule has 7 heteroatoms. The average molecular weight is 373 g/mol. The Morgan fingerprint density at radius 2 is 1.81 bits per heavy atom. The maximum Gasteiger partial charge on any atom is 0.416 e. The van der Waals surface area contributed by atoms with Gasteiger partial charge in [0.25, 0.3) is 0 Å². The minimum Gasteiger partial charge on any atom is -0.490 e. The number of halogens is 3. The number of alkyl halides is 3. The van der Waals surface area contributed by atoms with E-state index in [0.717, 1.165) is 25.0 Å². The zero-order valence-corrected chi connectivity index (χ0v) is 15.6. The van der Waals surface area contributed by atoms with Crippen molar-refractivity contribution in [2.24, 2.45) is 5.92 Å². The van der Waals surface area contributed by atoms with Gasteiger partial charge < -0.3 is 14.4 Å². The largest absolute Gasteiger partial charge is 0.490 e. The number of ether oxygens (including phenoxy) is 2. The van der Waals surface area contributed by atoms with Crippen molar-refractivity contribution in [3.63, 3.8) is 0 Å². The molecule has 2 rings (SSSR count). The highest BCUT2D eigenvalue weighted by Gasteiger charge is 2.32. The molecule has 1 aromatic rings. The van der Waals surface area contributed by atoms with Crippen LogP contribution in [0, 0.1) is 5.92 Å². The fraction of sp³-hybridized carbons (Fsp3) is 0.632. The molecule has 1 unspecified atom stereocenters. The SMILES string of the molecule is C[C@H](Oc1ccc(C(F)(F)F)cc1)C1CCCN(C(=O)OC(C)(C)C)C1. The fourth-order valence-corrected chi connectivity index (χ4v) is 2.92. The Morgan fingerprint density at radius 1 is 1.19 bits per heavy atom. The molecule has 1 fully saturated rings. The summed E-state index contributed by atoms with van der Waals surface area (Å²) in [6.45, 7) is 8.49. The molecule has 0 radical (unpaired) electrons. The van der Waals surface area contributed by atoms with E-state index in [9.17, 15) is 18.0 Å². The molecule has 1 aliphatic heterocycles. The molecule has 1 saturated heterocycles. The van der Waals surface area contributed by atoms with Crippen LogP contribution in [0.3, 0.4) is 0 Å². The standard InChI is InChI=1S/C19H26F3NO3/c1-13(25-16-9-7-15(8-10-16)19(20,21)22)14-6-5-11-23(12-14)17(24)26-18(2,3)4/h7-10,13-14H,5-6,11-12H2,1-4H3/t13-,14?/m0/s1. The van der Waals surface area contributed by atoms with Crippen molar-refractivity contribution >= 4 is 6.09 Å². The molecule has 1 aliphatic rings. The lowest BCUT2D eigenvalue weighted by Crippen LogP contribution is -2.46. The van der Waals surface area contributed by atoms with Gasteiger partial charge in [-0.15, -0.1) is 0 Å². The normalized spacial score (nSPS) is 19.8. The summed E-state index contributed by atoms with van der Waals surface area (Å²) >= 11 is 0. The second kappa shape index (κ2) is 7.76. The van der Waals surface area contributed by atoms with Gasteiger partial charge in [0.05, 0.1) is 5.56 Å². The van der Waals surface area contributed by atoms with Crippen LogP contribution >= 0.6 is 0 Å². The minimum atomic E-state index is -4.36. The molecule has 0 saturated carbocycles. The molecule has 0 aromatic heterocycles. The van der Waals surface area contributed by atoms with Gasteiger partial charge in [-0.25, -0.2) is 4.79 Å². The van der Waals surface area contributed by atoms with Crippen molar-refractivity contribution in [1.29, 1.82) is 0 Å². The third-order valence-corrected chi connectivity index (χ3v) is 4.28. The maximum absolute atomic E-state index is 12.6. The van der Waals surface area contributed by atoms with E-state index in [4.69, 9.17) is 9.47 Å². The Morgan fingerprint density at radius 3 is 2.35 bits per heavy atom. The maximum atomic E-state index is 12.6. The number of piperidine rings is 1. The van der Waals surface area contributed by atoms with Gasteiger partial charge in [-0.3, -0.25) is 0 Å². The van der Waals surface area contributed by atoms with E-state index in [1.54, 1.807) is 4.90 Å². The molecule has 1 aromatic carbocycles. The molecule has 0 N–H and O–H groups in total. The number of carbonyl (C=O) groups is 1. The number of rotatable bonds is 3. The van der Waals surface area contributed by atoms with Crippen molar-refractivity contribution in [3.8, 4) is 5.75 Å². The number of hydrogen-bond acceptors (Lipinski definition) is 3. The number of hydrogen-bond donors (Lipinski definition) is 0. The van der Waals surface area contributed by atoms with Gasteiger partial charge in [-0.1, -0.05) is 0 Å². The molecule has 146 valence electrons. The second-order valence-electron chi connectivity index (χ2n) is 7.67. The molecular formula is C19H26F3NO3. The van der Waals surface area contributed by atoms with Gasteiger partial charge in [0.1, 0.15) is 17.5 Å². The highest BCUT2D eigenvalue weighted by Crippen LogP contribution is 2.31. The van der Waals surface area contributed by atoms with Crippen LogP contribution in [0.4, 0.5) is 18.0 Å². The van der Waals surface area contributed by atoms with Crippen molar-refractivity contribution in [3.05, 3.63) is 29.8 Å². The van der Waals surface area contributed by atoms with E-state index < -0.39 is 17.3 Å². The van der Waals surface area contributed by atoms with E-state index >= 15 is 0 Å². The van der Waals surface area contributed by atoms with Crippen LogP contribution in [-0.4, -0.2) is 35.8 Å².